The lowest BCUT2D eigenvalue weighted by atomic mass is 10.1. The number of nitrogens with one attached hydrogen (secondary N) is 1. The number of benzene rings is 2. The van der Waals surface area contributed by atoms with Crippen LogP contribution in [0.4, 0.5) is 0 Å². The summed E-state index contributed by atoms with van der Waals surface area (Å²) < 4.78 is 11.1. The molecule has 1 aromatic heterocycles. The zero-order chi connectivity index (χ0) is 16.9. The van der Waals surface area contributed by atoms with Crippen molar-refractivity contribution in [3.05, 3.63) is 52.8 Å². The number of H-pyrrole nitrogens is 1. The third-order valence-corrected chi connectivity index (χ3v) is 3.81. The number of aromatic nitrogens is 2. The van der Waals surface area contributed by atoms with Crippen molar-refractivity contribution in [1.82, 2.24) is 9.97 Å². The molecule has 0 saturated heterocycles. The molecule has 0 aliphatic heterocycles. The molecule has 0 amide bonds. The molecule has 0 saturated carbocycles. The number of fused-ring (bicyclic) bond motifs is 1. The number of nitrogens with zero attached hydrogens (tertiary/aromatic N) is 1. The summed E-state index contributed by atoms with van der Waals surface area (Å²) in [5.74, 6) is 1.83. The molecule has 0 unspecified atom stereocenters. The van der Waals surface area contributed by atoms with Crippen LogP contribution >= 0.6 is 0 Å². The van der Waals surface area contributed by atoms with Crippen molar-refractivity contribution in [2.45, 2.75) is 19.8 Å². The van der Waals surface area contributed by atoms with Gasteiger partial charge in [0, 0.05) is 5.56 Å². The molecule has 1 heterocycles. The van der Waals surface area contributed by atoms with Crippen LogP contribution in [0.5, 0.6) is 11.5 Å². The third kappa shape index (κ3) is 3.25. The minimum Gasteiger partial charge on any atom is -0.493 e. The van der Waals surface area contributed by atoms with Gasteiger partial charge in [-0.05, 0) is 36.8 Å². The van der Waals surface area contributed by atoms with E-state index in [1.165, 1.54) is 0 Å². The van der Waals surface area contributed by atoms with Crippen LogP contribution in [0.25, 0.3) is 22.3 Å². The van der Waals surface area contributed by atoms with E-state index in [0.717, 1.165) is 18.4 Å². The number of para-hydroxylation sites is 1. The van der Waals surface area contributed by atoms with Crippen LogP contribution < -0.4 is 15.0 Å². The van der Waals surface area contributed by atoms with Crippen LogP contribution in [-0.4, -0.2) is 23.7 Å². The van der Waals surface area contributed by atoms with E-state index < -0.39 is 0 Å². The van der Waals surface area contributed by atoms with Crippen LogP contribution in [0, 0.1) is 0 Å². The Balaban J connectivity index is 2.02. The molecule has 3 aromatic rings. The maximum atomic E-state index is 12.2. The van der Waals surface area contributed by atoms with E-state index in [9.17, 15) is 4.79 Å². The largest absolute Gasteiger partial charge is 0.493 e. The lowest BCUT2D eigenvalue weighted by molar-refractivity contribution is 0.288. The van der Waals surface area contributed by atoms with Gasteiger partial charge < -0.3 is 14.5 Å². The second kappa shape index (κ2) is 7.17. The van der Waals surface area contributed by atoms with Gasteiger partial charge in [0.2, 0.25) is 0 Å². The van der Waals surface area contributed by atoms with Crippen molar-refractivity contribution >= 4 is 10.9 Å². The number of rotatable bonds is 6. The zero-order valence-electron chi connectivity index (χ0n) is 13.8. The van der Waals surface area contributed by atoms with Crippen molar-refractivity contribution in [1.29, 1.82) is 0 Å². The Morgan fingerprint density at radius 3 is 2.75 bits per heavy atom. The van der Waals surface area contributed by atoms with Crippen LogP contribution in [0.3, 0.4) is 0 Å². The number of hydrogen-bond donors (Lipinski definition) is 1. The quantitative estimate of drug-likeness (QED) is 0.701. The summed E-state index contributed by atoms with van der Waals surface area (Å²) in [6.07, 6.45) is 2.03. The topological polar surface area (TPSA) is 64.2 Å². The predicted octanol–water partition coefficient (Wildman–Crippen LogP) is 3.78. The highest BCUT2D eigenvalue weighted by Crippen LogP contribution is 2.31. The molecule has 1 N–H and O–H groups in total. The molecule has 0 aliphatic rings. The van der Waals surface area contributed by atoms with Crippen LogP contribution in [0.2, 0.25) is 0 Å². The number of hydrogen-bond acceptors (Lipinski definition) is 4. The molecular weight excluding hydrogens is 304 g/mol. The standard InChI is InChI=1S/C19H20N2O3/c1-3-4-11-24-17-12-13(9-10-16(17)23-2)18-20-15-8-6-5-7-14(15)19(22)21-18/h5-10,12H,3-4,11H2,1-2H3,(H,20,21,22). The van der Waals surface area contributed by atoms with Gasteiger partial charge >= 0.3 is 0 Å². The van der Waals surface area contributed by atoms with Gasteiger partial charge in [-0.2, -0.15) is 0 Å². The molecule has 2 aromatic carbocycles. The number of aromatic amines is 1. The number of ether oxygens (including phenoxy) is 2. The van der Waals surface area contributed by atoms with Gasteiger partial charge in [0.15, 0.2) is 11.5 Å². The third-order valence-electron chi connectivity index (χ3n) is 3.81. The molecule has 5 nitrogen and oxygen atoms in total. The van der Waals surface area contributed by atoms with Crippen molar-refractivity contribution in [2.75, 3.05) is 13.7 Å². The summed E-state index contributed by atoms with van der Waals surface area (Å²) in [5.41, 5.74) is 1.30. The highest BCUT2D eigenvalue weighted by atomic mass is 16.5. The van der Waals surface area contributed by atoms with Crippen molar-refractivity contribution in [3.8, 4) is 22.9 Å². The Bertz CT molecular complexity index is 902. The first-order valence-corrected chi connectivity index (χ1v) is 8.03. The Hall–Kier alpha value is -2.82. The van der Waals surface area contributed by atoms with E-state index in [2.05, 4.69) is 16.9 Å². The summed E-state index contributed by atoms with van der Waals surface area (Å²) in [5, 5.41) is 0.578. The highest BCUT2D eigenvalue weighted by Gasteiger charge is 2.10. The fourth-order valence-electron chi connectivity index (χ4n) is 2.49. The Morgan fingerprint density at radius 1 is 1.12 bits per heavy atom. The molecule has 0 bridgehead atoms. The van der Waals surface area contributed by atoms with Crippen LogP contribution in [0.1, 0.15) is 19.8 Å². The van der Waals surface area contributed by atoms with Crippen LogP contribution in [-0.2, 0) is 0 Å². The summed E-state index contributed by atoms with van der Waals surface area (Å²) in [6, 6.07) is 12.8. The Morgan fingerprint density at radius 2 is 1.96 bits per heavy atom. The normalized spacial score (nSPS) is 10.8. The van der Waals surface area contributed by atoms with E-state index >= 15 is 0 Å². The summed E-state index contributed by atoms with van der Waals surface area (Å²) >= 11 is 0. The molecule has 0 fully saturated rings. The second-order valence-electron chi connectivity index (χ2n) is 5.50. The first kappa shape index (κ1) is 16.1. The van der Waals surface area contributed by atoms with E-state index in [1.807, 2.05) is 36.4 Å². The molecule has 124 valence electrons. The fourth-order valence-corrected chi connectivity index (χ4v) is 2.49. The fraction of sp³-hybridized carbons (Fsp3) is 0.263. The van der Waals surface area contributed by atoms with Gasteiger partial charge in [-0.25, -0.2) is 4.98 Å². The zero-order valence-corrected chi connectivity index (χ0v) is 13.8. The summed E-state index contributed by atoms with van der Waals surface area (Å²) in [7, 11) is 1.61. The average molecular weight is 324 g/mol. The monoisotopic (exact) mass is 324 g/mol. The van der Waals surface area contributed by atoms with Gasteiger partial charge in [-0.15, -0.1) is 0 Å². The molecule has 0 atom stereocenters. The van der Waals surface area contributed by atoms with E-state index in [1.54, 1.807) is 13.2 Å². The predicted molar refractivity (Wildman–Crippen MR) is 94.8 cm³/mol. The number of methoxy groups -OCH3 is 1. The smallest absolute Gasteiger partial charge is 0.259 e. The Labute approximate surface area is 140 Å². The van der Waals surface area contributed by atoms with Crippen molar-refractivity contribution in [2.24, 2.45) is 0 Å². The second-order valence-corrected chi connectivity index (χ2v) is 5.50. The summed E-state index contributed by atoms with van der Waals surface area (Å²) in [6.45, 7) is 2.73. The van der Waals surface area contributed by atoms with Gasteiger partial charge in [0.1, 0.15) is 5.82 Å². The van der Waals surface area contributed by atoms with E-state index in [-0.39, 0.29) is 5.56 Å². The Kier molecular flexibility index (Phi) is 4.79. The molecular formula is C19H20N2O3. The number of unbranched alkanes of at least 4 members (excludes halogenated alkanes) is 1. The SMILES string of the molecule is CCCCOc1cc(-c2nc3ccccc3c(=O)[nH]2)ccc1OC. The first-order chi connectivity index (χ1) is 11.7. The van der Waals surface area contributed by atoms with Gasteiger partial charge in [-0.3, -0.25) is 4.79 Å². The average Bonchev–Trinajstić information content (AvgIpc) is 2.62. The van der Waals surface area contributed by atoms with E-state index in [0.29, 0.717) is 34.8 Å². The maximum Gasteiger partial charge on any atom is 0.259 e. The minimum absolute atomic E-state index is 0.153. The first-order valence-electron chi connectivity index (χ1n) is 8.03. The highest BCUT2D eigenvalue weighted by molar-refractivity contribution is 5.79. The molecule has 5 heteroatoms. The molecule has 0 radical (unpaired) electrons. The molecule has 0 aliphatic carbocycles. The lowest BCUT2D eigenvalue weighted by Crippen LogP contribution is -2.09. The van der Waals surface area contributed by atoms with E-state index in [4.69, 9.17) is 9.47 Å². The maximum absolute atomic E-state index is 12.2. The van der Waals surface area contributed by atoms with Gasteiger partial charge in [0.25, 0.3) is 5.56 Å². The molecule has 24 heavy (non-hydrogen) atoms. The summed E-state index contributed by atoms with van der Waals surface area (Å²) in [4.78, 5) is 19.6. The van der Waals surface area contributed by atoms with Crippen molar-refractivity contribution < 1.29 is 9.47 Å². The van der Waals surface area contributed by atoms with Gasteiger partial charge in [-0.1, -0.05) is 25.5 Å². The van der Waals surface area contributed by atoms with Gasteiger partial charge in [0.05, 0.1) is 24.6 Å². The van der Waals surface area contributed by atoms with Crippen LogP contribution in [0.15, 0.2) is 47.3 Å². The molecule has 0 spiro atoms. The molecule has 3 rings (SSSR count). The lowest BCUT2D eigenvalue weighted by Gasteiger charge is -2.12. The van der Waals surface area contributed by atoms with Crippen molar-refractivity contribution in [3.63, 3.8) is 0 Å². The minimum atomic E-state index is -0.153.